The molecule has 0 saturated carbocycles. The normalized spacial score (nSPS) is 9.83. The van der Waals surface area contributed by atoms with Gasteiger partial charge in [-0.15, -0.1) is 0 Å². The molecule has 0 unspecified atom stereocenters. The molecule has 0 saturated heterocycles. The fraction of sp³-hybridized carbons (Fsp3) is 0.118. The molecule has 0 aliphatic heterocycles. The van der Waals surface area contributed by atoms with Gasteiger partial charge < -0.3 is 15.4 Å². The first-order valence-corrected chi connectivity index (χ1v) is 7.28. The molecular formula is C17H16N2O3S. The van der Waals surface area contributed by atoms with Gasteiger partial charge in [-0.3, -0.25) is 4.79 Å². The lowest BCUT2D eigenvalue weighted by atomic mass is 10.1. The fourth-order valence-corrected chi connectivity index (χ4v) is 2.12. The van der Waals surface area contributed by atoms with E-state index in [4.69, 9.17) is 12.2 Å². The standard InChI is InChI=1S/C17H16N2O3S/c1-11(20)12-3-7-14(8-4-12)18-17(23)19-15-9-5-13(6-10-15)16(21)22-2/h3-10H,1-2H3,(H2,18,19,23). The van der Waals surface area contributed by atoms with Crippen LogP contribution in [0.15, 0.2) is 48.5 Å². The minimum atomic E-state index is -0.386. The Bertz CT molecular complexity index is 725. The zero-order chi connectivity index (χ0) is 16.8. The van der Waals surface area contributed by atoms with Crippen molar-refractivity contribution in [2.45, 2.75) is 6.92 Å². The van der Waals surface area contributed by atoms with Crippen molar-refractivity contribution >= 4 is 40.5 Å². The zero-order valence-corrected chi connectivity index (χ0v) is 13.6. The van der Waals surface area contributed by atoms with Crippen LogP contribution in [0, 0.1) is 0 Å². The van der Waals surface area contributed by atoms with E-state index in [1.54, 1.807) is 48.5 Å². The van der Waals surface area contributed by atoms with Gasteiger partial charge in [0, 0.05) is 16.9 Å². The van der Waals surface area contributed by atoms with Crippen LogP contribution in [-0.2, 0) is 4.74 Å². The minimum Gasteiger partial charge on any atom is -0.465 e. The number of hydrogen-bond acceptors (Lipinski definition) is 4. The first-order valence-electron chi connectivity index (χ1n) is 6.87. The molecule has 0 atom stereocenters. The van der Waals surface area contributed by atoms with Crippen molar-refractivity contribution < 1.29 is 14.3 Å². The Hall–Kier alpha value is -2.73. The van der Waals surface area contributed by atoms with Gasteiger partial charge in [0.15, 0.2) is 10.9 Å². The van der Waals surface area contributed by atoms with Crippen LogP contribution in [0.4, 0.5) is 11.4 Å². The summed E-state index contributed by atoms with van der Waals surface area (Å²) < 4.78 is 4.64. The molecule has 2 N–H and O–H groups in total. The highest BCUT2D eigenvalue weighted by Gasteiger charge is 2.05. The van der Waals surface area contributed by atoms with Crippen LogP contribution < -0.4 is 10.6 Å². The molecule has 23 heavy (non-hydrogen) atoms. The highest BCUT2D eigenvalue weighted by Crippen LogP contribution is 2.13. The Balaban J connectivity index is 1.96. The number of anilines is 2. The highest BCUT2D eigenvalue weighted by molar-refractivity contribution is 7.80. The van der Waals surface area contributed by atoms with Crippen LogP contribution in [0.3, 0.4) is 0 Å². The number of ketones is 1. The molecule has 0 aromatic heterocycles. The minimum absolute atomic E-state index is 0.0166. The number of benzene rings is 2. The summed E-state index contributed by atoms with van der Waals surface area (Å²) in [5.74, 6) is -0.370. The molecule has 0 bridgehead atoms. The third kappa shape index (κ3) is 4.62. The van der Waals surface area contributed by atoms with E-state index in [1.807, 2.05) is 0 Å². The van der Waals surface area contributed by atoms with Gasteiger partial charge in [-0.05, 0) is 67.7 Å². The lowest BCUT2D eigenvalue weighted by Gasteiger charge is -2.11. The number of ether oxygens (including phenoxy) is 1. The van der Waals surface area contributed by atoms with Gasteiger partial charge in [-0.1, -0.05) is 0 Å². The van der Waals surface area contributed by atoms with Gasteiger partial charge in [0.1, 0.15) is 0 Å². The van der Waals surface area contributed by atoms with E-state index in [0.29, 0.717) is 16.2 Å². The molecule has 6 heteroatoms. The van der Waals surface area contributed by atoms with Crippen molar-refractivity contribution in [1.29, 1.82) is 0 Å². The number of carbonyl (C=O) groups is 2. The predicted molar refractivity (Wildman–Crippen MR) is 94.1 cm³/mol. The van der Waals surface area contributed by atoms with Gasteiger partial charge in [-0.25, -0.2) is 4.79 Å². The second-order valence-corrected chi connectivity index (χ2v) is 5.19. The summed E-state index contributed by atoms with van der Waals surface area (Å²) in [5, 5.41) is 6.44. The topological polar surface area (TPSA) is 67.4 Å². The summed E-state index contributed by atoms with van der Waals surface area (Å²) in [5.41, 5.74) is 2.64. The smallest absolute Gasteiger partial charge is 0.337 e. The Labute approximate surface area is 139 Å². The first-order chi connectivity index (χ1) is 11.0. The molecule has 2 aromatic carbocycles. The van der Waals surface area contributed by atoms with E-state index in [0.717, 1.165) is 11.4 Å². The first kappa shape index (κ1) is 16.6. The molecule has 0 heterocycles. The quantitative estimate of drug-likeness (QED) is 0.509. The maximum Gasteiger partial charge on any atom is 0.337 e. The van der Waals surface area contributed by atoms with Crippen molar-refractivity contribution in [3.63, 3.8) is 0 Å². The van der Waals surface area contributed by atoms with Gasteiger partial charge in [0.2, 0.25) is 0 Å². The van der Waals surface area contributed by atoms with Crippen molar-refractivity contribution in [1.82, 2.24) is 0 Å². The maximum atomic E-state index is 11.4. The zero-order valence-electron chi connectivity index (χ0n) is 12.8. The summed E-state index contributed by atoms with van der Waals surface area (Å²) >= 11 is 5.23. The molecular weight excluding hydrogens is 312 g/mol. The van der Waals surface area contributed by atoms with Crippen LogP contribution in [0.25, 0.3) is 0 Å². The summed E-state index contributed by atoms with van der Waals surface area (Å²) in [6, 6.07) is 13.8. The Morgan fingerprint density at radius 2 is 1.30 bits per heavy atom. The summed E-state index contributed by atoms with van der Waals surface area (Å²) in [6.07, 6.45) is 0. The van der Waals surface area contributed by atoms with E-state index in [2.05, 4.69) is 15.4 Å². The van der Waals surface area contributed by atoms with Gasteiger partial charge in [0.25, 0.3) is 0 Å². The number of rotatable bonds is 4. The number of hydrogen-bond donors (Lipinski definition) is 2. The Kier molecular flexibility index (Phi) is 5.43. The predicted octanol–water partition coefficient (Wildman–Crippen LogP) is 3.48. The van der Waals surface area contributed by atoms with Crippen LogP contribution in [0.2, 0.25) is 0 Å². The molecule has 0 spiro atoms. The van der Waals surface area contributed by atoms with Crippen molar-refractivity contribution in [3.05, 3.63) is 59.7 Å². The number of nitrogens with one attached hydrogen (secondary N) is 2. The van der Waals surface area contributed by atoms with Crippen LogP contribution in [0.1, 0.15) is 27.6 Å². The maximum absolute atomic E-state index is 11.4. The lowest BCUT2D eigenvalue weighted by molar-refractivity contribution is 0.0600. The molecule has 2 aromatic rings. The van der Waals surface area contributed by atoms with Gasteiger partial charge >= 0.3 is 5.97 Å². The fourth-order valence-electron chi connectivity index (χ4n) is 1.89. The van der Waals surface area contributed by atoms with Gasteiger partial charge in [0.05, 0.1) is 12.7 Å². The van der Waals surface area contributed by atoms with E-state index in [-0.39, 0.29) is 11.8 Å². The summed E-state index contributed by atoms with van der Waals surface area (Å²) in [7, 11) is 1.34. The number of thiocarbonyl (C=S) groups is 1. The van der Waals surface area contributed by atoms with Crippen LogP contribution in [-0.4, -0.2) is 24.0 Å². The summed E-state index contributed by atoms with van der Waals surface area (Å²) in [4.78, 5) is 22.6. The number of esters is 1. The molecule has 0 aliphatic carbocycles. The Morgan fingerprint density at radius 3 is 1.70 bits per heavy atom. The number of carbonyl (C=O) groups excluding carboxylic acids is 2. The van der Waals surface area contributed by atoms with Crippen LogP contribution >= 0.6 is 12.2 Å². The molecule has 0 amide bonds. The number of Topliss-reactive ketones (excluding diaryl/α,β-unsaturated/α-hetero) is 1. The molecule has 2 rings (SSSR count). The molecule has 0 aliphatic rings. The molecule has 0 fully saturated rings. The van der Waals surface area contributed by atoms with Crippen LogP contribution in [0.5, 0.6) is 0 Å². The third-order valence-corrected chi connectivity index (χ3v) is 3.32. The third-order valence-electron chi connectivity index (χ3n) is 3.11. The molecule has 0 radical (unpaired) electrons. The van der Waals surface area contributed by atoms with E-state index in [9.17, 15) is 9.59 Å². The van der Waals surface area contributed by atoms with Crippen molar-refractivity contribution in [3.8, 4) is 0 Å². The monoisotopic (exact) mass is 328 g/mol. The average Bonchev–Trinajstić information content (AvgIpc) is 2.55. The molecule has 118 valence electrons. The SMILES string of the molecule is COC(=O)c1ccc(NC(=S)Nc2ccc(C(C)=O)cc2)cc1. The molecule has 5 nitrogen and oxygen atoms in total. The van der Waals surface area contributed by atoms with Crippen molar-refractivity contribution in [2.24, 2.45) is 0 Å². The highest BCUT2D eigenvalue weighted by atomic mass is 32.1. The Morgan fingerprint density at radius 1 is 0.870 bits per heavy atom. The van der Waals surface area contributed by atoms with E-state index in [1.165, 1.54) is 14.0 Å². The average molecular weight is 328 g/mol. The van der Waals surface area contributed by atoms with Gasteiger partial charge in [-0.2, -0.15) is 0 Å². The van der Waals surface area contributed by atoms with E-state index >= 15 is 0 Å². The van der Waals surface area contributed by atoms with Crippen molar-refractivity contribution in [2.75, 3.05) is 17.7 Å². The second kappa shape index (κ2) is 7.51. The lowest BCUT2D eigenvalue weighted by Crippen LogP contribution is -2.19. The largest absolute Gasteiger partial charge is 0.465 e. The summed E-state index contributed by atoms with van der Waals surface area (Å²) in [6.45, 7) is 1.52. The van der Waals surface area contributed by atoms with E-state index < -0.39 is 0 Å². The second-order valence-electron chi connectivity index (χ2n) is 4.78. The number of methoxy groups -OCH3 is 1.